The fourth-order valence-corrected chi connectivity index (χ4v) is 2.78. The fraction of sp³-hybridized carbons (Fsp3) is 0.316. The van der Waals surface area contributed by atoms with Crippen molar-refractivity contribution in [1.82, 2.24) is 0 Å². The molecule has 1 fully saturated rings. The highest BCUT2D eigenvalue weighted by Gasteiger charge is 2.15. The SMILES string of the molecule is O=Cc1ccccc1-c1ccccc1COC1CCCCO1. The number of aldehydes is 1. The van der Waals surface area contributed by atoms with Crippen LogP contribution in [-0.4, -0.2) is 19.2 Å². The van der Waals surface area contributed by atoms with Crippen molar-refractivity contribution in [1.29, 1.82) is 0 Å². The first-order valence-corrected chi connectivity index (χ1v) is 7.74. The summed E-state index contributed by atoms with van der Waals surface area (Å²) in [6.07, 6.45) is 4.01. The zero-order valence-corrected chi connectivity index (χ0v) is 12.5. The Bertz CT molecular complexity index is 630. The molecular weight excluding hydrogens is 276 g/mol. The van der Waals surface area contributed by atoms with Gasteiger partial charge in [0.25, 0.3) is 0 Å². The first-order chi connectivity index (χ1) is 10.9. The smallest absolute Gasteiger partial charge is 0.158 e. The zero-order chi connectivity index (χ0) is 15.2. The van der Waals surface area contributed by atoms with Crippen molar-refractivity contribution in [2.45, 2.75) is 32.2 Å². The maximum Gasteiger partial charge on any atom is 0.158 e. The van der Waals surface area contributed by atoms with Crippen LogP contribution in [-0.2, 0) is 16.1 Å². The lowest BCUT2D eigenvalue weighted by Gasteiger charge is -2.23. The Morgan fingerprint density at radius 1 is 1.05 bits per heavy atom. The lowest BCUT2D eigenvalue weighted by Crippen LogP contribution is -2.22. The largest absolute Gasteiger partial charge is 0.353 e. The number of hydrogen-bond acceptors (Lipinski definition) is 3. The summed E-state index contributed by atoms with van der Waals surface area (Å²) in [5.41, 5.74) is 3.76. The molecule has 2 aromatic rings. The van der Waals surface area contributed by atoms with Gasteiger partial charge in [0.15, 0.2) is 12.6 Å². The van der Waals surface area contributed by atoms with Crippen molar-refractivity contribution >= 4 is 6.29 Å². The molecule has 0 bridgehead atoms. The van der Waals surface area contributed by atoms with E-state index in [-0.39, 0.29) is 6.29 Å². The molecule has 0 saturated carbocycles. The van der Waals surface area contributed by atoms with Gasteiger partial charge >= 0.3 is 0 Å². The molecule has 0 spiro atoms. The second-order valence-corrected chi connectivity index (χ2v) is 5.47. The Morgan fingerprint density at radius 2 is 1.82 bits per heavy atom. The molecule has 1 atom stereocenters. The molecule has 3 nitrogen and oxygen atoms in total. The maximum absolute atomic E-state index is 11.3. The molecule has 1 unspecified atom stereocenters. The highest BCUT2D eigenvalue weighted by Crippen LogP contribution is 2.27. The van der Waals surface area contributed by atoms with Crippen LogP contribution in [0.3, 0.4) is 0 Å². The summed E-state index contributed by atoms with van der Waals surface area (Å²) in [5, 5.41) is 0. The van der Waals surface area contributed by atoms with Gasteiger partial charge in [0, 0.05) is 12.2 Å². The lowest BCUT2D eigenvalue weighted by molar-refractivity contribution is -0.168. The Labute approximate surface area is 130 Å². The van der Waals surface area contributed by atoms with Gasteiger partial charge in [-0.05, 0) is 36.0 Å². The molecule has 22 heavy (non-hydrogen) atoms. The summed E-state index contributed by atoms with van der Waals surface area (Å²) in [6, 6.07) is 15.7. The van der Waals surface area contributed by atoms with E-state index in [1.807, 2.05) is 48.5 Å². The average Bonchev–Trinajstić information content (AvgIpc) is 2.61. The Kier molecular flexibility index (Phi) is 4.99. The molecule has 3 heteroatoms. The van der Waals surface area contributed by atoms with Crippen molar-refractivity contribution in [3.8, 4) is 11.1 Å². The zero-order valence-electron chi connectivity index (χ0n) is 12.5. The van der Waals surface area contributed by atoms with Crippen LogP contribution < -0.4 is 0 Å². The summed E-state index contributed by atoms with van der Waals surface area (Å²) in [5.74, 6) is 0. The molecule has 1 aliphatic heterocycles. The molecule has 0 radical (unpaired) electrons. The van der Waals surface area contributed by atoms with E-state index in [1.54, 1.807) is 0 Å². The van der Waals surface area contributed by atoms with E-state index >= 15 is 0 Å². The molecule has 0 amide bonds. The monoisotopic (exact) mass is 296 g/mol. The molecular formula is C19H20O3. The number of rotatable bonds is 5. The van der Waals surface area contributed by atoms with Crippen LogP contribution in [0.1, 0.15) is 35.2 Å². The third-order valence-corrected chi connectivity index (χ3v) is 3.96. The first-order valence-electron chi connectivity index (χ1n) is 7.74. The maximum atomic E-state index is 11.3. The van der Waals surface area contributed by atoms with Crippen LogP contribution in [0.15, 0.2) is 48.5 Å². The van der Waals surface area contributed by atoms with Crippen molar-refractivity contribution < 1.29 is 14.3 Å². The van der Waals surface area contributed by atoms with Crippen molar-refractivity contribution in [3.63, 3.8) is 0 Å². The predicted octanol–water partition coefficient (Wildman–Crippen LogP) is 4.21. The number of ether oxygens (including phenoxy) is 2. The van der Waals surface area contributed by atoms with E-state index in [2.05, 4.69) is 0 Å². The minimum atomic E-state index is -0.108. The Hall–Kier alpha value is -1.97. The van der Waals surface area contributed by atoms with E-state index in [0.717, 1.165) is 48.8 Å². The number of benzene rings is 2. The standard InChI is InChI=1S/C19H20O3/c20-13-15-7-1-3-9-17(15)18-10-4-2-8-16(18)14-22-19-11-5-6-12-21-19/h1-4,7-10,13,19H,5-6,11-12,14H2. The van der Waals surface area contributed by atoms with Crippen LogP contribution >= 0.6 is 0 Å². The minimum absolute atomic E-state index is 0.108. The second-order valence-electron chi connectivity index (χ2n) is 5.47. The summed E-state index contributed by atoms with van der Waals surface area (Å²) in [4.78, 5) is 11.3. The molecule has 0 aliphatic carbocycles. The summed E-state index contributed by atoms with van der Waals surface area (Å²) >= 11 is 0. The summed E-state index contributed by atoms with van der Waals surface area (Å²) in [6.45, 7) is 1.27. The topological polar surface area (TPSA) is 35.5 Å². The molecule has 114 valence electrons. The number of hydrogen-bond donors (Lipinski definition) is 0. The van der Waals surface area contributed by atoms with Gasteiger partial charge in [0.05, 0.1) is 6.61 Å². The molecule has 0 aromatic heterocycles. The van der Waals surface area contributed by atoms with Gasteiger partial charge in [-0.2, -0.15) is 0 Å². The van der Waals surface area contributed by atoms with Gasteiger partial charge in [-0.15, -0.1) is 0 Å². The summed E-state index contributed by atoms with van der Waals surface area (Å²) < 4.78 is 11.5. The van der Waals surface area contributed by atoms with E-state index in [9.17, 15) is 4.79 Å². The van der Waals surface area contributed by atoms with E-state index in [0.29, 0.717) is 12.2 Å². The van der Waals surface area contributed by atoms with Gasteiger partial charge in [-0.25, -0.2) is 0 Å². The third-order valence-electron chi connectivity index (χ3n) is 3.96. The molecule has 1 saturated heterocycles. The van der Waals surface area contributed by atoms with Crippen LogP contribution in [0, 0.1) is 0 Å². The average molecular weight is 296 g/mol. The van der Waals surface area contributed by atoms with Crippen molar-refractivity contribution in [2.24, 2.45) is 0 Å². The molecule has 3 rings (SSSR count). The highest BCUT2D eigenvalue weighted by atomic mass is 16.7. The van der Waals surface area contributed by atoms with E-state index in [4.69, 9.17) is 9.47 Å². The molecule has 1 aliphatic rings. The van der Waals surface area contributed by atoms with Crippen LogP contribution in [0.4, 0.5) is 0 Å². The van der Waals surface area contributed by atoms with Gasteiger partial charge < -0.3 is 9.47 Å². The van der Waals surface area contributed by atoms with Crippen LogP contribution in [0.2, 0.25) is 0 Å². The Balaban J connectivity index is 1.81. The second kappa shape index (κ2) is 7.34. The first kappa shape index (κ1) is 14.9. The van der Waals surface area contributed by atoms with Gasteiger partial charge in [-0.1, -0.05) is 48.5 Å². The summed E-state index contributed by atoms with van der Waals surface area (Å²) in [7, 11) is 0. The fourth-order valence-electron chi connectivity index (χ4n) is 2.78. The van der Waals surface area contributed by atoms with Gasteiger partial charge in [0.2, 0.25) is 0 Å². The minimum Gasteiger partial charge on any atom is -0.353 e. The molecule has 1 heterocycles. The number of carbonyl (C=O) groups is 1. The Morgan fingerprint density at radius 3 is 2.59 bits per heavy atom. The van der Waals surface area contributed by atoms with Crippen LogP contribution in [0.25, 0.3) is 11.1 Å². The normalized spacial score (nSPS) is 18.1. The molecule has 2 aromatic carbocycles. The third kappa shape index (κ3) is 3.43. The number of carbonyl (C=O) groups excluding carboxylic acids is 1. The van der Waals surface area contributed by atoms with Crippen LogP contribution in [0.5, 0.6) is 0 Å². The highest BCUT2D eigenvalue weighted by molar-refractivity contribution is 5.88. The van der Waals surface area contributed by atoms with Gasteiger partial charge in [-0.3, -0.25) is 4.79 Å². The quantitative estimate of drug-likeness (QED) is 0.775. The van der Waals surface area contributed by atoms with Crippen molar-refractivity contribution in [2.75, 3.05) is 6.61 Å². The van der Waals surface area contributed by atoms with E-state index in [1.165, 1.54) is 0 Å². The van der Waals surface area contributed by atoms with Crippen molar-refractivity contribution in [3.05, 3.63) is 59.7 Å². The lowest BCUT2D eigenvalue weighted by atomic mass is 9.96. The van der Waals surface area contributed by atoms with E-state index < -0.39 is 0 Å². The van der Waals surface area contributed by atoms with Gasteiger partial charge in [0.1, 0.15) is 0 Å². The predicted molar refractivity (Wildman–Crippen MR) is 85.6 cm³/mol. The molecule has 0 N–H and O–H groups in total.